The second kappa shape index (κ2) is 28.5. The second-order valence-corrected chi connectivity index (χ2v) is 11.4. The molecule has 2 N–H and O–H groups in total. The Balaban J connectivity index is 4.14. The average Bonchev–Trinajstić information content (AvgIpc) is 2.84. The van der Waals surface area contributed by atoms with Crippen molar-refractivity contribution in [3.05, 3.63) is 0 Å². The molecular formula is C32H67NO2. The minimum absolute atomic E-state index is 0.245. The van der Waals surface area contributed by atoms with Gasteiger partial charge in [-0.25, -0.2) is 0 Å². The molecule has 3 heteroatoms. The molecule has 0 spiro atoms. The molecule has 2 atom stereocenters. The summed E-state index contributed by atoms with van der Waals surface area (Å²) >= 11 is 0. The van der Waals surface area contributed by atoms with Crippen LogP contribution < -0.4 is 0 Å². The van der Waals surface area contributed by atoms with Crippen molar-refractivity contribution in [1.82, 2.24) is 4.90 Å². The number of hydrogen-bond donors (Lipinski definition) is 2. The summed E-state index contributed by atoms with van der Waals surface area (Å²) in [5.74, 6) is 0. The predicted octanol–water partition coefficient (Wildman–Crippen LogP) is 9.43. The highest BCUT2D eigenvalue weighted by atomic mass is 16.3. The van der Waals surface area contributed by atoms with Gasteiger partial charge in [0.05, 0.1) is 12.2 Å². The number of aliphatic hydroxyl groups excluding tert-OH is 2. The standard InChI is InChI=1S/C32H67NO2/c1-4-7-10-13-16-18-20-23-26-31(34)29-33(28-25-22-15-12-9-6-3)30-32(35)27-24-21-19-17-14-11-8-5-2/h31-32,34-35H,4-30H2,1-3H3. The summed E-state index contributed by atoms with van der Waals surface area (Å²) in [6.07, 6.45) is 30.1. The molecule has 3 nitrogen and oxygen atoms in total. The van der Waals surface area contributed by atoms with Crippen LogP contribution in [0.2, 0.25) is 0 Å². The van der Waals surface area contributed by atoms with Crippen LogP contribution in [0, 0.1) is 0 Å². The van der Waals surface area contributed by atoms with E-state index in [1.807, 2.05) is 0 Å². The Kier molecular flexibility index (Phi) is 28.4. The molecular weight excluding hydrogens is 430 g/mol. The van der Waals surface area contributed by atoms with Crippen LogP contribution in [0.5, 0.6) is 0 Å². The molecule has 0 saturated heterocycles. The molecule has 0 aromatic rings. The Labute approximate surface area is 221 Å². The Morgan fingerprint density at radius 3 is 1.03 bits per heavy atom. The molecule has 212 valence electrons. The van der Waals surface area contributed by atoms with Crippen molar-refractivity contribution in [2.24, 2.45) is 0 Å². The first kappa shape index (κ1) is 34.9. The fourth-order valence-electron chi connectivity index (χ4n) is 5.18. The highest BCUT2D eigenvalue weighted by molar-refractivity contribution is 4.70. The molecule has 0 aliphatic heterocycles. The van der Waals surface area contributed by atoms with Gasteiger partial charge in [0.25, 0.3) is 0 Å². The first-order valence-electron chi connectivity index (χ1n) is 16.2. The molecule has 0 aliphatic rings. The van der Waals surface area contributed by atoms with Crippen LogP contribution in [0.4, 0.5) is 0 Å². The highest BCUT2D eigenvalue weighted by Gasteiger charge is 2.15. The fraction of sp³-hybridized carbons (Fsp3) is 1.00. The van der Waals surface area contributed by atoms with E-state index in [4.69, 9.17) is 0 Å². The largest absolute Gasteiger partial charge is 0.392 e. The van der Waals surface area contributed by atoms with Gasteiger partial charge in [0.15, 0.2) is 0 Å². The zero-order valence-electron chi connectivity index (χ0n) is 24.6. The SMILES string of the molecule is CCCCCCCCCCC(O)CN(CCCCCCCC)CC(O)CCCCCCCCCC. The molecule has 0 amide bonds. The lowest BCUT2D eigenvalue weighted by Gasteiger charge is -2.27. The summed E-state index contributed by atoms with van der Waals surface area (Å²) in [7, 11) is 0. The fourth-order valence-corrected chi connectivity index (χ4v) is 5.18. The van der Waals surface area contributed by atoms with E-state index in [9.17, 15) is 10.2 Å². The molecule has 35 heavy (non-hydrogen) atoms. The van der Waals surface area contributed by atoms with Crippen LogP contribution in [-0.2, 0) is 0 Å². The van der Waals surface area contributed by atoms with Gasteiger partial charge in [0.2, 0.25) is 0 Å². The topological polar surface area (TPSA) is 43.7 Å². The van der Waals surface area contributed by atoms with Crippen molar-refractivity contribution >= 4 is 0 Å². The summed E-state index contributed by atoms with van der Waals surface area (Å²) in [5, 5.41) is 21.4. The summed E-state index contributed by atoms with van der Waals surface area (Å²) in [6, 6.07) is 0. The maximum atomic E-state index is 10.7. The van der Waals surface area contributed by atoms with Gasteiger partial charge in [-0.15, -0.1) is 0 Å². The van der Waals surface area contributed by atoms with E-state index >= 15 is 0 Å². The summed E-state index contributed by atoms with van der Waals surface area (Å²) in [5.41, 5.74) is 0. The third-order valence-corrected chi connectivity index (χ3v) is 7.55. The van der Waals surface area contributed by atoms with Crippen molar-refractivity contribution in [3.63, 3.8) is 0 Å². The second-order valence-electron chi connectivity index (χ2n) is 11.4. The van der Waals surface area contributed by atoms with Crippen molar-refractivity contribution < 1.29 is 10.2 Å². The van der Waals surface area contributed by atoms with E-state index in [2.05, 4.69) is 25.7 Å². The van der Waals surface area contributed by atoms with Gasteiger partial charge in [0.1, 0.15) is 0 Å². The zero-order valence-corrected chi connectivity index (χ0v) is 24.6. The Morgan fingerprint density at radius 2 is 0.686 bits per heavy atom. The quantitative estimate of drug-likeness (QED) is 0.101. The van der Waals surface area contributed by atoms with E-state index in [1.54, 1.807) is 0 Å². The van der Waals surface area contributed by atoms with Crippen molar-refractivity contribution in [3.8, 4) is 0 Å². The minimum atomic E-state index is -0.245. The van der Waals surface area contributed by atoms with E-state index < -0.39 is 0 Å². The maximum absolute atomic E-state index is 10.7. The van der Waals surface area contributed by atoms with Crippen LogP contribution in [0.3, 0.4) is 0 Å². The van der Waals surface area contributed by atoms with Gasteiger partial charge in [-0.2, -0.15) is 0 Å². The molecule has 2 unspecified atom stereocenters. The maximum Gasteiger partial charge on any atom is 0.0667 e. The van der Waals surface area contributed by atoms with Gasteiger partial charge >= 0.3 is 0 Å². The lowest BCUT2D eigenvalue weighted by molar-refractivity contribution is 0.0596. The van der Waals surface area contributed by atoms with Gasteiger partial charge in [-0.1, -0.05) is 156 Å². The molecule has 0 aromatic heterocycles. The smallest absolute Gasteiger partial charge is 0.0667 e. The van der Waals surface area contributed by atoms with Crippen LogP contribution in [0.15, 0.2) is 0 Å². The van der Waals surface area contributed by atoms with E-state index in [0.717, 1.165) is 45.3 Å². The Hall–Kier alpha value is -0.120. The Morgan fingerprint density at radius 1 is 0.400 bits per heavy atom. The van der Waals surface area contributed by atoms with Crippen molar-refractivity contribution in [2.45, 2.75) is 187 Å². The number of unbranched alkanes of at least 4 members (excludes halogenated alkanes) is 19. The average molecular weight is 498 g/mol. The van der Waals surface area contributed by atoms with Gasteiger partial charge < -0.3 is 10.2 Å². The van der Waals surface area contributed by atoms with E-state index in [1.165, 1.54) is 128 Å². The van der Waals surface area contributed by atoms with Crippen molar-refractivity contribution in [2.75, 3.05) is 19.6 Å². The van der Waals surface area contributed by atoms with E-state index in [-0.39, 0.29) is 12.2 Å². The van der Waals surface area contributed by atoms with Crippen LogP contribution >= 0.6 is 0 Å². The van der Waals surface area contributed by atoms with E-state index in [0.29, 0.717) is 0 Å². The molecule has 0 aromatic carbocycles. The van der Waals surface area contributed by atoms with Crippen molar-refractivity contribution in [1.29, 1.82) is 0 Å². The summed E-state index contributed by atoms with van der Waals surface area (Å²) in [4.78, 5) is 2.37. The third kappa shape index (κ3) is 26.7. The molecule has 0 bridgehead atoms. The zero-order chi connectivity index (χ0) is 25.8. The third-order valence-electron chi connectivity index (χ3n) is 7.55. The molecule has 0 radical (unpaired) electrons. The Bertz CT molecular complexity index is 362. The number of rotatable bonds is 29. The monoisotopic (exact) mass is 498 g/mol. The minimum Gasteiger partial charge on any atom is -0.392 e. The summed E-state index contributed by atoms with van der Waals surface area (Å²) < 4.78 is 0. The van der Waals surface area contributed by atoms with Crippen LogP contribution in [-0.4, -0.2) is 47.0 Å². The molecule has 0 saturated carbocycles. The first-order valence-corrected chi connectivity index (χ1v) is 16.2. The number of aliphatic hydroxyl groups is 2. The molecule has 0 aliphatic carbocycles. The molecule has 0 rings (SSSR count). The molecule has 0 fully saturated rings. The highest BCUT2D eigenvalue weighted by Crippen LogP contribution is 2.14. The van der Waals surface area contributed by atoms with Crippen LogP contribution in [0.1, 0.15) is 175 Å². The van der Waals surface area contributed by atoms with Gasteiger partial charge in [-0.05, 0) is 25.8 Å². The van der Waals surface area contributed by atoms with Gasteiger partial charge in [-0.3, -0.25) is 4.90 Å². The first-order chi connectivity index (χ1) is 17.1. The number of nitrogens with zero attached hydrogens (tertiary/aromatic N) is 1. The molecule has 0 heterocycles. The lowest BCUT2D eigenvalue weighted by Crippen LogP contribution is -2.38. The lowest BCUT2D eigenvalue weighted by atomic mass is 10.0. The van der Waals surface area contributed by atoms with Gasteiger partial charge in [0, 0.05) is 13.1 Å². The van der Waals surface area contributed by atoms with Crippen LogP contribution in [0.25, 0.3) is 0 Å². The normalized spacial score (nSPS) is 13.5. The summed E-state index contributed by atoms with van der Waals surface area (Å²) in [6.45, 7) is 9.30. The number of hydrogen-bond acceptors (Lipinski definition) is 3. The predicted molar refractivity (Wildman–Crippen MR) is 156 cm³/mol.